The molecule has 3 amide bonds. The second kappa shape index (κ2) is 7.79. The van der Waals surface area contributed by atoms with Gasteiger partial charge in [0.15, 0.2) is 0 Å². The van der Waals surface area contributed by atoms with Crippen LogP contribution in [-0.2, 0) is 16.1 Å². The van der Waals surface area contributed by atoms with Crippen LogP contribution in [0.1, 0.15) is 32.3 Å². The summed E-state index contributed by atoms with van der Waals surface area (Å²) in [6, 6.07) is 7.17. The van der Waals surface area contributed by atoms with E-state index in [0.29, 0.717) is 6.54 Å². The molecule has 2 unspecified atom stereocenters. The number of rotatable bonds is 5. The van der Waals surface area contributed by atoms with E-state index >= 15 is 0 Å². The van der Waals surface area contributed by atoms with Gasteiger partial charge in [0.2, 0.25) is 5.91 Å². The SMILES string of the molecule is CC(=O)Nc1cccc(CNC(=O)NC(C)C2CCCO2)c1. The number of urea groups is 1. The molecule has 0 aromatic heterocycles. The summed E-state index contributed by atoms with van der Waals surface area (Å²) in [5.74, 6) is -0.117. The lowest BCUT2D eigenvalue weighted by atomic mass is 10.1. The Balaban J connectivity index is 1.79. The Hall–Kier alpha value is -2.08. The topological polar surface area (TPSA) is 79.5 Å². The molecular formula is C16H23N3O3. The van der Waals surface area contributed by atoms with Crippen LogP contribution in [0.5, 0.6) is 0 Å². The lowest BCUT2D eigenvalue weighted by Gasteiger charge is -2.20. The molecule has 22 heavy (non-hydrogen) atoms. The largest absolute Gasteiger partial charge is 0.376 e. The molecule has 0 aliphatic carbocycles. The van der Waals surface area contributed by atoms with Gasteiger partial charge < -0.3 is 20.7 Å². The lowest BCUT2D eigenvalue weighted by Crippen LogP contribution is -2.45. The third kappa shape index (κ3) is 5.04. The van der Waals surface area contributed by atoms with E-state index in [1.807, 2.05) is 31.2 Å². The Morgan fingerprint density at radius 1 is 1.41 bits per heavy atom. The predicted octanol–water partition coefficient (Wildman–Crippen LogP) is 2.01. The predicted molar refractivity (Wildman–Crippen MR) is 84.6 cm³/mol. The first-order valence-corrected chi connectivity index (χ1v) is 7.57. The number of hydrogen-bond acceptors (Lipinski definition) is 3. The highest BCUT2D eigenvalue weighted by Crippen LogP contribution is 2.15. The summed E-state index contributed by atoms with van der Waals surface area (Å²) >= 11 is 0. The maximum atomic E-state index is 11.9. The molecule has 1 aromatic rings. The fourth-order valence-electron chi connectivity index (χ4n) is 2.49. The van der Waals surface area contributed by atoms with Crippen LogP contribution >= 0.6 is 0 Å². The van der Waals surface area contributed by atoms with Crippen molar-refractivity contribution in [2.75, 3.05) is 11.9 Å². The van der Waals surface area contributed by atoms with Crippen LogP contribution in [0, 0.1) is 0 Å². The zero-order valence-electron chi connectivity index (χ0n) is 13.0. The van der Waals surface area contributed by atoms with Gasteiger partial charge in [-0.2, -0.15) is 0 Å². The average Bonchev–Trinajstić information content (AvgIpc) is 2.99. The third-order valence-corrected chi connectivity index (χ3v) is 3.58. The first-order valence-electron chi connectivity index (χ1n) is 7.57. The van der Waals surface area contributed by atoms with Crippen molar-refractivity contribution in [1.82, 2.24) is 10.6 Å². The van der Waals surface area contributed by atoms with Crippen LogP contribution in [0.3, 0.4) is 0 Å². The normalized spacial score (nSPS) is 18.5. The molecule has 0 spiro atoms. The highest BCUT2D eigenvalue weighted by atomic mass is 16.5. The molecule has 1 fully saturated rings. The minimum Gasteiger partial charge on any atom is -0.376 e. The summed E-state index contributed by atoms with van der Waals surface area (Å²) < 4.78 is 5.55. The van der Waals surface area contributed by atoms with Gasteiger partial charge in [0, 0.05) is 25.8 Å². The molecule has 1 aromatic carbocycles. The van der Waals surface area contributed by atoms with E-state index in [-0.39, 0.29) is 24.1 Å². The lowest BCUT2D eigenvalue weighted by molar-refractivity contribution is -0.114. The highest BCUT2D eigenvalue weighted by molar-refractivity contribution is 5.88. The molecule has 6 heteroatoms. The Kier molecular flexibility index (Phi) is 5.77. The van der Waals surface area contributed by atoms with Crippen LogP contribution in [0.25, 0.3) is 0 Å². The highest BCUT2D eigenvalue weighted by Gasteiger charge is 2.23. The van der Waals surface area contributed by atoms with Crippen molar-refractivity contribution in [2.24, 2.45) is 0 Å². The molecule has 0 bridgehead atoms. The van der Waals surface area contributed by atoms with Gasteiger partial charge in [-0.1, -0.05) is 12.1 Å². The van der Waals surface area contributed by atoms with Crippen molar-refractivity contribution in [2.45, 2.75) is 45.4 Å². The molecule has 3 N–H and O–H groups in total. The molecule has 0 radical (unpaired) electrons. The second-order valence-electron chi connectivity index (χ2n) is 5.55. The maximum Gasteiger partial charge on any atom is 0.315 e. The van der Waals surface area contributed by atoms with Gasteiger partial charge in [0.05, 0.1) is 12.1 Å². The molecule has 1 aliphatic rings. The number of anilines is 1. The molecule has 1 aliphatic heterocycles. The van der Waals surface area contributed by atoms with Gasteiger partial charge in [0.25, 0.3) is 0 Å². The van der Waals surface area contributed by atoms with Crippen LogP contribution in [0.2, 0.25) is 0 Å². The monoisotopic (exact) mass is 305 g/mol. The average molecular weight is 305 g/mol. The maximum absolute atomic E-state index is 11.9. The molecule has 1 saturated heterocycles. The summed E-state index contributed by atoms with van der Waals surface area (Å²) in [6.07, 6.45) is 2.14. The van der Waals surface area contributed by atoms with E-state index in [4.69, 9.17) is 4.74 Å². The second-order valence-corrected chi connectivity index (χ2v) is 5.55. The van der Waals surface area contributed by atoms with Gasteiger partial charge in [0.1, 0.15) is 0 Å². The minimum absolute atomic E-state index is 0.00628. The molecule has 0 saturated carbocycles. The van der Waals surface area contributed by atoms with Crippen molar-refractivity contribution in [3.63, 3.8) is 0 Å². The number of carbonyl (C=O) groups excluding carboxylic acids is 2. The van der Waals surface area contributed by atoms with Gasteiger partial charge in [-0.25, -0.2) is 4.79 Å². The Bertz CT molecular complexity index is 527. The number of hydrogen-bond donors (Lipinski definition) is 3. The number of carbonyl (C=O) groups is 2. The zero-order valence-corrected chi connectivity index (χ0v) is 13.0. The molecule has 120 valence electrons. The molecule has 2 rings (SSSR count). The Labute approximate surface area is 130 Å². The van der Waals surface area contributed by atoms with E-state index in [1.54, 1.807) is 0 Å². The quantitative estimate of drug-likeness (QED) is 0.778. The van der Waals surface area contributed by atoms with Crippen LogP contribution in [-0.4, -0.2) is 30.7 Å². The van der Waals surface area contributed by atoms with Gasteiger partial charge in [-0.05, 0) is 37.5 Å². The number of amides is 3. The molecule has 2 atom stereocenters. The smallest absolute Gasteiger partial charge is 0.315 e. The Morgan fingerprint density at radius 3 is 2.91 bits per heavy atom. The Morgan fingerprint density at radius 2 is 2.23 bits per heavy atom. The first kappa shape index (κ1) is 16.3. The number of benzene rings is 1. The van der Waals surface area contributed by atoms with Crippen molar-refractivity contribution >= 4 is 17.6 Å². The van der Waals surface area contributed by atoms with Crippen molar-refractivity contribution < 1.29 is 14.3 Å². The van der Waals surface area contributed by atoms with Crippen LogP contribution < -0.4 is 16.0 Å². The summed E-state index contributed by atoms with van der Waals surface area (Å²) in [6.45, 7) is 4.59. The summed E-state index contributed by atoms with van der Waals surface area (Å²) in [5, 5.41) is 8.43. The third-order valence-electron chi connectivity index (χ3n) is 3.58. The van der Waals surface area contributed by atoms with Crippen molar-refractivity contribution in [3.8, 4) is 0 Å². The molecule has 6 nitrogen and oxygen atoms in total. The minimum atomic E-state index is -0.215. The fraction of sp³-hybridized carbons (Fsp3) is 0.500. The van der Waals surface area contributed by atoms with E-state index in [2.05, 4.69) is 16.0 Å². The van der Waals surface area contributed by atoms with Gasteiger partial charge >= 0.3 is 6.03 Å². The summed E-state index contributed by atoms with van der Waals surface area (Å²) in [4.78, 5) is 22.9. The van der Waals surface area contributed by atoms with Crippen LogP contribution in [0.4, 0.5) is 10.5 Å². The first-order chi connectivity index (χ1) is 10.5. The van der Waals surface area contributed by atoms with Crippen molar-refractivity contribution in [3.05, 3.63) is 29.8 Å². The van der Waals surface area contributed by atoms with Crippen molar-refractivity contribution in [1.29, 1.82) is 0 Å². The molecule has 1 heterocycles. The van der Waals surface area contributed by atoms with E-state index in [1.165, 1.54) is 6.92 Å². The van der Waals surface area contributed by atoms with E-state index in [9.17, 15) is 9.59 Å². The molecular weight excluding hydrogens is 282 g/mol. The fourth-order valence-corrected chi connectivity index (χ4v) is 2.49. The van der Waals surface area contributed by atoms with Gasteiger partial charge in [-0.15, -0.1) is 0 Å². The summed E-state index contributed by atoms with van der Waals surface area (Å²) in [7, 11) is 0. The number of nitrogens with one attached hydrogen (secondary N) is 3. The number of ether oxygens (including phenoxy) is 1. The summed E-state index contributed by atoms with van der Waals surface area (Å²) in [5.41, 5.74) is 1.64. The van der Waals surface area contributed by atoms with E-state index in [0.717, 1.165) is 30.7 Å². The zero-order chi connectivity index (χ0) is 15.9. The standard InChI is InChI=1S/C16H23N3O3/c1-11(15-7-4-8-22-15)18-16(21)17-10-13-5-3-6-14(9-13)19-12(2)20/h3,5-6,9,11,15H,4,7-8,10H2,1-2H3,(H,19,20)(H2,17,18,21). The van der Waals surface area contributed by atoms with E-state index < -0.39 is 0 Å². The van der Waals surface area contributed by atoms with Gasteiger partial charge in [-0.3, -0.25) is 4.79 Å². The van der Waals surface area contributed by atoms with Crippen LogP contribution in [0.15, 0.2) is 24.3 Å².